The van der Waals surface area contributed by atoms with E-state index in [2.05, 4.69) is 9.97 Å². The van der Waals surface area contributed by atoms with Gasteiger partial charge < -0.3 is 10.5 Å². The van der Waals surface area contributed by atoms with Crippen molar-refractivity contribution in [2.45, 2.75) is 48.1 Å². The predicted octanol–water partition coefficient (Wildman–Crippen LogP) is 3.92. The smallest absolute Gasteiger partial charge is 0.241 e. The zero-order valence-electron chi connectivity index (χ0n) is 11.9. The van der Waals surface area contributed by atoms with Gasteiger partial charge in [-0.05, 0) is 37.8 Å². The SMILES string of the molecule is Nc1c(OC2CCCCC2)ncnc1Sc1ccccc1. The average molecular weight is 301 g/mol. The van der Waals surface area contributed by atoms with E-state index in [1.807, 2.05) is 30.3 Å². The second kappa shape index (κ2) is 6.80. The molecule has 0 unspecified atom stereocenters. The van der Waals surface area contributed by atoms with E-state index in [0.717, 1.165) is 22.8 Å². The lowest BCUT2D eigenvalue weighted by Crippen LogP contribution is -2.21. The number of anilines is 1. The van der Waals surface area contributed by atoms with Gasteiger partial charge >= 0.3 is 0 Å². The van der Waals surface area contributed by atoms with Gasteiger partial charge in [0.05, 0.1) is 0 Å². The first kappa shape index (κ1) is 14.2. The van der Waals surface area contributed by atoms with Crippen LogP contribution in [0.25, 0.3) is 0 Å². The second-order valence-electron chi connectivity index (χ2n) is 5.19. The first-order valence-electron chi connectivity index (χ1n) is 7.33. The standard InChI is InChI=1S/C16H19N3OS/c17-14-15(20-12-7-3-1-4-8-12)18-11-19-16(14)21-13-9-5-2-6-10-13/h2,5-6,9-12H,1,3-4,7-8,17H2. The lowest BCUT2D eigenvalue weighted by atomic mass is 9.98. The maximum atomic E-state index is 6.18. The minimum absolute atomic E-state index is 0.241. The quantitative estimate of drug-likeness (QED) is 0.867. The summed E-state index contributed by atoms with van der Waals surface area (Å²) in [5, 5.41) is 0.752. The van der Waals surface area contributed by atoms with Crippen molar-refractivity contribution in [1.29, 1.82) is 0 Å². The van der Waals surface area contributed by atoms with Crippen LogP contribution < -0.4 is 10.5 Å². The monoisotopic (exact) mass is 301 g/mol. The molecule has 1 heterocycles. The van der Waals surface area contributed by atoms with Crippen molar-refractivity contribution in [2.75, 3.05) is 5.73 Å². The van der Waals surface area contributed by atoms with E-state index in [1.54, 1.807) is 0 Å². The lowest BCUT2D eigenvalue weighted by Gasteiger charge is -2.23. The summed E-state index contributed by atoms with van der Waals surface area (Å²) in [6.07, 6.45) is 7.69. The molecule has 0 saturated heterocycles. The normalized spacial score (nSPS) is 15.8. The van der Waals surface area contributed by atoms with E-state index in [4.69, 9.17) is 10.5 Å². The Morgan fingerprint density at radius 1 is 1.05 bits per heavy atom. The molecular weight excluding hydrogens is 282 g/mol. The zero-order chi connectivity index (χ0) is 14.5. The van der Waals surface area contributed by atoms with E-state index in [9.17, 15) is 0 Å². The largest absolute Gasteiger partial charge is 0.473 e. The lowest BCUT2D eigenvalue weighted by molar-refractivity contribution is 0.149. The maximum Gasteiger partial charge on any atom is 0.241 e. The fourth-order valence-electron chi connectivity index (χ4n) is 2.48. The highest BCUT2D eigenvalue weighted by Crippen LogP contribution is 2.35. The van der Waals surface area contributed by atoms with E-state index >= 15 is 0 Å². The van der Waals surface area contributed by atoms with Crippen LogP contribution in [0.4, 0.5) is 5.69 Å². The molecule has 21 heavy (non-hydrogen) atoms. The molecule has 1 saturated carbocycles. The number of nitrogens with zero attached hydrogens (tertiary/aromatic N) is 2. The molecule has 4 nitrogen and oxygen atoms in total. The van der Waals surface area contributed by atoms with Crippen LogP contribution in [0.2, 0.25) is 0 Å². The van der Waals surface area contributed by atoms with E-state index in [0.29, 0.717) is 11.6 Å². The molecule has 1 fully saturated rings. The average Bonchev–Trinajstić information content (AvgIpc) is 2.53. The Morgan fingerprint density at radius 2 is 1.81 bits per heavy atom. The van der Waals surface area contributed by atoms with Crippen LogP contribution in [0, 0.1) is 0 Å². The molecule has 5 heteroatoms. The van der Waals surface area contributed by atoms with Crippen LogP contribution in [0.5, 0.6) is 5.88 Å². The molecule has 0 amide bonds. The molecule has 110 valence electrons. The minimum Gasteiger partial charge on any atom is -0.473 e. The third-order valence-corrected chi connectivity index (χ3v) is 4.63. The van der Waals surface area contributed by atoms with E-state index in [-0.39, 0.29) is 6.10 Å². The molecule has 0 radical (unpaired) electrons. The Hall–Kier alpha value is -1.75. The van der Waals surface area contributed by atoms with Crippen LogP contribution in [-0.4, -0.2) is 16.1 Å². The number of ether oxygens (including phenoxy) is 1. The number of benzene rings is 1. The van der Waals surface area contributed by atoms with Crippen molar-refractivity contribution in [3.05, 3.63) is 36.7 Å². The van der Waals surface area contributed by atoms with Gasteiger partial charge in [0, 0.05) is 4.90 Å². The molecule has 0 atom stereocenters. The summed E-state index contributed by atoms with van der Waals surface area (Å²) in [7, 11) is 0. The number of rotatable bonds is 4. The van der Waals surface area contributed by atoms with Crippen molar-refractivity contribution in [2.24, 2.45) is 0 Å². The van der Waals surface area contributed by atoms with Gasteiger partial charge in [0.25, 0.3) is 0 Å². The zero-order valence-corrected chi connectivity index (χ0v) is 12.7. The minimum atomic E-state index is 0.241. The van der Waals surface area contributed by atoms with Crippen LogP contribution >= 0.6 is 11.8 Å². The second-order valence-corrected chi connectivity index (χ2v) is 6.25. The van der Waals surface area contributed by atoms with Gasteiger partial charge in [0.1, 0.15) is 23.1 Å². The van der Waals surface area contributed by atoms with Crippen molar-refractivity contribution < 1.29 is 4.74 Å². The molecule has 2 aromatic rings. The maximum absolute atomic E-state index is 6.18. The summed E-state index contributed by atoms with van der Waals surface area (Å²) in [5.41, 5.74) is 6.72. The molecular formula is C16H19N3OS. The Bertz CT molecular complexity index is 585. The van der Waals surface area contributed by atoms with Gasteiger partial charge in [-0.1, -0.05) is 36.4 Å². The molecule has 2 N–H and O–H groups in total. The third kappa shape index (κ3) is 3.67. The number of hydrogen-bond acceptors (Lipinski definition) is 5. The van der Waals surface area contributed by atoms with Crippen molar-refractivity contribution in [1.82, 2.24) is 9.97 Å². The third-order valence-electron chi connectivity index (χ3n) is 3.60. The number of nitrogen functional groups attached to an aromatic ring is 1. The van der Waals surface area contributed by atoms with Crippen LogP contribution in [-0.2, 0) is 0 Å². The molecule has 1 aromatic carbocycles. The van der Waals surface area contributed by atoms with Gasteiger partial charge in [-0.25, -0.2) is 4.98 Å². The summed E-state index contributed by atoms with van der Waals surface area (Å²) in [6, 6.07) is 10.1. The molecule has 1 aliphatic carbocycles. The Balaban J connectivity index is 1.75. The topological polar surface area (TPSA) is 61.0 Å². The molecule has 0 bridgehead atoms. The Kier molecular flexibility index (Phi) is 4.60. The van der Waals surface area contributed by atoms with Gasteiger partial charge in [-0.15, -0.1) is 0 Å². The van der Waals surface area contributed by atoms with Gasteiger partial charge in [-0.2, -0.15) is 4.98 Å². The number of aromatic nitrogens is 2. The van der Waals surface area contributed by atoms with Gasteiger partial charge in [-0.3, -0.25) is 0 Å². The summed E-state index contributed by atoms with van der Waals surface area (Å²) >= 11 is 1.53. The molecule has 1 aromatic heterocycles. The van der Waals surface area contributed by atoms with Crippen molar-refractivity contribution >= 4 is 17.4 Å². The first-order chi connectivity index (χ1) is 10.3. The van der Waals surface area contributed by atoms with Crippen LogP contribution in [0.15, 0.2) is 46.6 Å². The van der Waals surface area contributed by atoms with Crippen LogP contribution in [0.1, 0.15) is 32.1 Å². The van der Waals surface area contributed by atoms with Crippen molar-refractivity contribution in [3.8, 4) is 5.88 Å². The fraction of sp³-hybridized carbons (Fsp3) is 0.375. The fourth-order valence-corrected chi connectivity index (χ4v) is 3.29. The molecule has 0 spiro atoms. The highest BCUT2D eigenvalue weighted by atomic mass is 32.2. The van der Waals surface area contributed by atoms with Crippen molar-refractivity contribution in [3.63, 3.8) is 0 Å². The summed E-state index contributed by atoms with van der Waals surface area (Å²) in [6.45, 7) is 0. The first-order valence-corrected chi connectivity index (χ1v) is 8.14. The summed E-state index contributed by atoms with van der Waals surface area (Å²) in [5.74, 6) is 0.523. The van der Waals surface area contributed by atoms with E-state index < -0.39 is 0 Å². The molecule has 1 aliphatic rings. The predicted molar refractivity (Wildman–Crippen MR) is 84.5 cm³/mol. The van der Waals surface area contributed by atoms with E-state index in [1.165, 1.54) is 37.4 Å². The highest BCUT2D eigenvalue weighted by Gasteiger charge is 2.18. The molecule has 3 rings (SSSR count). The summed E-state index contributed by atoms with van der Waals surface area (Å²) in [4.78, 5) is 9.58. The number of nitrogens with two attached hydrogens (primary N) is 1. The highest BCUT2D eigenvalue weighted by molar-refractivity contribution is 7.99. The summed E-state index contributed by atoms with van der Waals surface area (Å²) < 4.78 is 5.97. The molecule has 0 aliphatic heterocycles. The Labute approximate surface area is 129 Å². The van der Waals surface area contributed by atoms with Gasteiger partial charge in [0.2, 0.25) is 5.88 Å². The number of hydrogen-bond donors (Lipinski definition) is 1. The van der Waals surface area contributed by atoms with Crippen LogP contribution in [0.3, 0.4) is 0 Å². The Morgan fingerprint density at radius 3 is 2.57 bits per heavy atom. The van der Waals surface area contributed by atoms with Gasteiger partial charge in [0.15, 0.2) is 0 Å².